The molecule has 0 aliphatic carbocycles. The molecule has 0 aromatic heterocycles. The van der Waals surface area contributed by atoms with Crippen LogP contribution < -0.4 is 4.90 Å². The fourth-order valence-electron chi connectivity index (χ4n) is 3.78. The average Bonchev–Trinajstić information content (AvgIpc) is 3.16. The van der Waals surface area contributed by atoms with Gasteiger partial charge in [0.15, 0.2) is 0 Å². The summed E-state index contributed by atoms with van der Waals surface area (Å²) in [5.41, 5.74) is 2.34. The van der Waals surface area contributed by atoms with Gasteiger partial charge in [-0.3, -0.25) is 14.6 Å². The van der Waals surface area contributed by atoms with E-state index in [4.69, 9.17) is 4.74 Å². The summed E-state index contributed by atoms with van der Waals surface area (Å²) in [6.45, 7) is 7.12. The maximum Gasteiger partial charge on any atom is 0.236 e. The maximum absolute atomic E-state index is 12.6. The smallest absolute Gasteiger partial charge is 0.236 e. The Balaban J connectivity index is 1.39. The van der Waals surface area contributed by atoms with Gasteiger partial charge in [0.05, 0.1) is 12.6 Å². The monoisotopic (exact) mass is 374 g/mol. The lowest BCUT2D eigenvalue weighted by molar-refractivity contribution is -0.132. The van der Waals surface area contributed by atoms with Gasteiger partial charge in [0.2, 0.25) is 5.91 Å². The van der Waals surface area contributed by atoms with Crippen LogP contribution in [0, 0.1) is 0 Å². The van der Waals surface area contributed by atoms with E-state index in [2.05, 4.69) is 39.0 Å². The van der Waals surface area contributed by atoms with Crippen molar-refractivity contribution in [1.82, 2.24) is 14.7 Å². The highest BCUT2D eigenvalue weighted by molar-refractivity contribution is 5.78. The average molecular weight is 375 g/mol. The zero-order chi connectivity index (χ0) is 19.2. The van der Waals surface area contributed by atoms with E-state index in [0.717, 1.165) is 44.9 Å². The van der Waals surface area contributed by atoms with E-state index in [1.807, 2.05) is 26.0 Å². The van der Waals surface area contributed by atoms with Gasteiger partial charge in [-0.1, -0.05) is 12.1 Å². The van der Waals surface area contributed by atoms with Crippen LogP contribution >= 0.6 is 0 Å². The highest BCUT2D eigenvalue weighted by atomic mass is 16.5. The molecule has 0 N–H and O–H groups in total. The molecule has 1 amide bonds. The Kier molecular flexibility index (Phi) is 7.10. The molecule has 3 rings (SSSR count). The van der Waals surface area contributed by atoms with E-state index >= 15 is 0 Å². The number of hydrogen-bond acceptors (Lipinski definition) is 5. The zero-order valence-corrected chi connectivity index (χ0v) is 17.1. The van der Waals surface area contributed by atoms with Gasteiger partial charge in [0, 0.05) is 72.7 Å². The Morgan fingerprint density at radius 1 is 1.07 bits per heavy atom. The first-order chi connectivity index (χ1) is 13.0. The summed E-state index contributed by atoms with van der Waals surface area (Å²) in [6, 6.07) is 8.40. The van der Waals surface area contributed by atoms with E-state index in [1.165, 1.54) is 18.5 Å². The van der Waals surface area contributed by atoms with Gasteiger partial charge >= 0.3 is 0 Å². The number of rotatable bonds is 7. The van der Waals surface area contributed by atoms with Crippen molar-refractivity contribution >= 4 is 11.6 Å². The van der Waals surface area contributed by atoms with E-state index < -0.39 is 0 Å². The summed E-state index contributed by atoms with van der Waals surface area (Å²) in [6.07, 6.45) is 2.81. The van der Waals surface area contributed by atoms with Crippen LogP contribution in [-0.2, 0) is 16.1 Å². The normalized spacial score (nSPS) is 21.4. The summed E-state index contributed by atoms with van der Waals surface area (Å²) in [5, 5.41) is 0. The van der Waals surface area contributed by atoms with E-state index in [0.29, 0.717) is 19.2 Å². The Labute approximate surface area is 163 Å². The zero-order valence-electron chi connectivity index (χ0n) is 17.1. The van der Waals surface area contributed by atoms with Crippen LogP contribution in [0.15, 0.2) is 24.3 Å². The molecular formula is C21H34N4O2. The maximum atomic E-state index is 12.6. The molecule has 1 unspecified atom stereocenters. The quantitative estimate of drug-likeness (QED) is 0.723. The number of carbonyl (C=O) groups excluding carboxylic acids is 1. The van der Waals surface area contributed by atoms with Gasteiger partial charge in [0.25, 0.3) is 0 Å². The molecule has 150 valence electrons. The minimum Gasteiger partial charge on any atom is -0.378 e. The number of hydrogen-bond donors (Lipinski definition) is 0. The SMILES string of the molecule is CN(Cc1ccc(N(C)C)cc1)C(=O)CN1CCN(CC2CCCO2)CC1. The van der Waals surface area contributed by atoms with Crippen molar-refractivity contribution < 1.29 is 9.53 Å². The standard InChI is InChI=1S/C21H34N4O2/c1-22(2)19-8-6-18(7-9-19)15-23(3)21(26)17-25-12-10-24(11-13-25)16-20-5-4-14-27-20/h6-9,20H,4-5,10-17H2,1-3H3. The van der Waals surface area contributed by atoms with Crippen LogP contribution in [0.3, 0.4) is 0 Å². The predicted octanol–water partition coefficient (Wildman–Crippen LogP) is 1.51. The molecule has 1 atom stereocenters. The lowest BCUT2D eigenvalue weighted by Crippen LogP contribution is -2.51. The van der Waals surface area contributed by atoms with Gasteiger partial charge in [-0.25, -0.2) is 0 Å². The summed E-state index contributed by atoms with van der Waals surface area (Å²) in [5.74, 6) is 0.194. The molecular weight excluding hydrogens is 340 g/mol. The second-order valence-electron chi connectivity index (χ2n) is 8.02. The van der Waals surface area contributed by atoms with Crippen molar-refractivity contribution in [3.63, 3.8) is 0 Å². The molecule has 0 spiro atoms. The fraction of sp³-hybridized carbons (Fsp3) is 0.667. The molecule has 1 aromatic carbocycles. The number of carbonyl (C=O) groups is 1. The highest BCUT2D eigenvalue weighted by Gasteiger charge is 2.24. The third-order valence-electron chi connectivity index (χ3n) is 5.61. The van der Waals surface area contributed by atoms with Crippen molar-refractivity contribution in [3.8, 4) is 0 Å². The summed E-state index contributed by atoms with van der Waals surface area (Å²) in [7, 11) is 5.96. The Morgan fingerprint density at radius 2 is 1.74 bits per heavy atom. The van der Waals surface area contributed by atoms with Crippen molar-refractivity contribution in [3.05, 3.63) is 29.8 Å². The predicted molar refractivity (Wildman–Crippen MR) is 109 cm³/mol. The molecule has 2 aliphatic rings. The van der Waals surface area contributed by atoms with Gasteiger partial charge in [-0.15, -0.1) is 0 Å². The van der Waals surface area contributed by atoms with Gasteiger partial charge in [-0.05, 0) is 30.5 Å². The molecule has 2 fully saturated rings. The summed E-state index contributed by atoms with van der Waals surface area (Å²) >= 11 is 0. The van der Waals surface area contributed by atoms with Crippen LogP contribution in [-0.4, -0.2) is 93.7 Å². The first-order valence-corrected chi connectivity index (χ1v) is 10.1. The van der Waals surface area contributed by atoms with E-state index in [9.17, 15) is 4.79 Å². The second-order valence-corrected chi connectivity index (χ2v) is 8.02. The number of amides is 1. The van der Waals surface area contributed by atoms with Crippen molar-refractivity contribution in [2.45, 2.75) is 25.5 Å². The minimum atomic E-state index is 0.194. The lowest BCUT2D eigenvalue weighted by atomic mass is 10.2. The van der Waals surface area contributed by atoms with Crippen LogP contribution in [0.4, 0.5) is 5.69 Å². The Bertz CT molecular complexity index is 591. The summed E-state index contributed by atoms with van der Waals surface area (Å²) in [4.78, 5) is 21.3. The van der Waals surface area contributed by atoms with Crippen LogP contribution in [0.5, 0.6) is 0 Å². The van der Waals surface area contributed by atoms with Crippen LogP contribution in [0.1, 0.15) is 18.4 Å². The number of anilines is 1. The third kappa shape index (κ3) is 5.92. The third-order valence-corrected chi connectivity index (χ3v) is 5.61. The largest absolute Gasteiger partial charge is 0.378 e. The van der Waals surface area contributed by atoms with Crippen molar-refractivity contribution in [1.29, 1.82) is 0 Å². The molecule has 0 bridgehead atoms. The first kappa shape index (κ1) is 20.1. The second kappa shape index (κ2) is 9.53. The molecule has 2 heterocycles. The molecule has 2 saturated heterocycles. The molecule has 6 nitrogen and oxygen atoms in total. The highest BCUT2D eigenvalue weighted by Crippen LogP contribution is 2.15. The topological polar surface area (TPSA) is 39.3 Å². The molecule has 2 aliphatic heterocycles. The number of piperazine rings is 1. The number of likely N-dealkylation sites (N-methyl/N-ethyl adjacent to an activating group) is 1. The van der Waals surface area contributed by atoms with E-state index in [1.54, 1.807) is 0 Å². The van der Waals surface area contributed by atoms with Crippen LogP contribution in [0.25, 0.3) is 0 Å². The molecule has 0 radical (unpaired) electrons. The molecule has 0 saturated carbocycles. The van der Waals surface area contributed by atoms with Gasteiger partial charge in [-0.2, -0.15) is 0 Å². The molecule has 6 heteroatoms. The molecule has 27 heavy (non-hydrogen) atoms. The first-order valence-electron chi connectivity index (χ1n) is 10.1. The van der Waals surface area contributed by atoms with E-state index in [-0.39, 0.29) is 5.91 Å². The number of benzene rings is 1. The minimum absolute atomic E-state index is 0.194. The van der Waals surface area contributed by atoms with Crippen LogP contribution in [0.2, 0.25) is 0 Å². The number of ether oxygens (including phenoxy) is 1. The van der Waals surface area contributed by atoms with Crippen molar-refractivity contribution in [2.24, 2.45) is 0 Å². The van der Waals surface area contributed by atoms with Crippen molar-refractivity contribution in [2.75, 3.05) is 71.9 Å². The Morgan fingerprint density at radius 3 is 2.33 bits per heavy atom. The van der Waals surface area contributed by atoms with Gasteiger partial charge < -0.3 is 14.5 Å². The Hall–Kier alpha value is -1.63. The fourth-order valence-corrected chi connectivity index (χ4v) is 3.78. The molecule has 1 aromatic rings. The summed E-state index contributed by atoms with van der Waals surface area (Å²) < 4.78 is 5.74. The van der Waals surface area contributed by atoms with Gasteiger partial charge in [0.1, 0.15) is 0 Å². The number of nitrogens with zero attached hydrogens (tertiary/aromatic N) is 4. The lowest BCUT2D eigenvalue weighted by Gasteiger charge is -2.35.